The molecule has 0 aliphatic carbocycles. The molecule has 18 heavy (non-hydrogen) atoms. The second-order valence-corrected chi connectivity index (χ2v) is 5.55. The highest BCUT2D eigenvalue weighted by molar-refractivity contribution is 9.10. The van der Waals surface area contributed by atoms with E-state index in [-0.39, 0.29) is 18.0 Å². The Morgan fingerprint density at radius 1 is 1.39 bits per heavy atom. The molecule has 3 nitrogen and oxygen atoms in total. The molecule has 2 atom stereocenters. The molecule has 1 rings (SSSR count). The summed E-state index contributed by atoms with van der Waals surface area (Å²) < 4.78 is 1.06. The molecule has 4 heteroatoms. The van der Waals surface area contributed by atoms with E-state index >= 15 is 0 Å². The number of halogens is 1. The molecule has 0 aliphatic heterocycles. The summed E-state index contributed by atoms with van der Waals surface area (Å²) in [6.07, 6.45) is 2.48. The van der Waals surface area contributed by atoms with Gasteiger partial charge in [0.2, 0.25) is 5.91 Å². The van der Waals surface area contributed by atoms with Crippen molar-refractivity contribution in [2.24, 2.45) is 5.73 Å². The predicted octanol–water partition coefficient (Wildman–Crippen LogP) is 2.62. The molecule has 0 saturated carbocycles. The summed E-state index contributed by atoms with van der Waals surface area (Å²) in [7, 11) is 0. The Labute approximate surface area is 117 Å². The highest BCUT2D eigenvalue weighted by Crippen LogP contribution is 2.11. The molecule has 1 aromatic rings. The predicted molar refractivity (Wildman–Crippen MR) is 78.3 cm³/mol. The maximum atomic E-state index is 11.7. The van der Waals surface area contributed by atoms with E-state index in [0.717, 1.165) is 23.7 Å². The van der Waals surface area contributed by atoms with Crippen molar-refractivity contribution in [2.45, 2.75) is 45.2 Å². The van der Waals surface area contributed by atoms with Crippen molar-refractivity contribution in [3.8, 4) is 0 Å². The molecular weight excluding hydrogens is 292 g/mol. The summed E-state index contributed by atoms with van der Waals surface area (Å²) in [5, 5.41) is 2.95. The Hall–Kier alpha value is -0.870. The molecule has 1 aromatic carbocycles. The van der Waals surface area contributed by atoms with Crippen molar-refractivity contribution in [1.29, 1.82) is 0 Å². The van der Waals surface area contributed by atoms with Crippen LogP contribution in [0.1, 0.15) is 32.3 Å². The molecule has 0 spiro atoms. The zero-order chi connectivity index (χ0) is 13.5. The Kier molecular flexibility index (Phi) is 6.36. The summed E-state index contributed by atoms with van der Waals surface area (Å²) in [4.78, 5) is 11.7. The van der Waals surface area contributed by atoms with Crippen LogP contribution in [0.15, 0.2) is 28.7 Å². The van der Waals surface area contributed by atoms with Crippen LogP contribution in [0, 0.1) is 0 Å². The largest absolute Gasteiger partial charge is 0.352 e. The smallest absolute Gasteiger partial charge is 0.237 e. The highest BCUT2D eigenvalue weighted by Gasteiger charge is 2.14. The number of carbonyl (C=O) groups excluding carboxylic acids is 1. The Morgan fingerprint density at radius 2 is 2.00 bits per heavy atom. The molecule has 0 radical (unpaired) electrons. The van der Waals surface area contributed by atoms with Gasteiger partial charge in [0.05, 0.1) is 6.04 Å². The van der Waals surface area contributed by atoms with Gasteiger partial charge in [0.1, 0.15) is 0 Å². The maximum Gasteiger partial charge on any atom is 0.237 e. The summed E-state index contributed by atoms with van der Waals surface area (Å²) >= 11 is 3.40. The Balaban J connectivity index is 2.43. The van der Waals surface area contributed by atoms with E-state index in [9.17, 15) is 4.79 Å². The molecule has 0 aliphatic rings. The molecule has 1 unspecified atom stereocenters. The van der Waals surface area contributed by atoms with E-state index in [2.05, 4.69) is 33.4 Å². The molecule has 100 valence electrons. The lowest BCUT2D eigenvalue weighted by molar-refractivity contribution is -0.123. The zero-order valence-corrected chi connectivity index (χ0v) is 12.5. The van der Waals surface area contributed by atoms with Crippen LogP contribution in [0.3, 0.4) is 0 Å². The van der Waals surface area contributed by atoms with E-state index in [1.54, 1.807) is 0 Å². The maximum absolute atomic E-state index is 11.7. The quantitative estimate of drug-likeness (QED) is 0.848. The average molecular weight is 313 g/mol. The summed E-state index contributed by atoms with van der Waals surface area (Å²) in [6, 6.07) is 7.83. The van der Waals surface area contributed by atoms with E-state index in [4.69, 9.17) is 5.73 Å². The van der Waals surface area contributed by atoms with Gasteiger partial charge in [0, 0.05) is 10.5 Å². The third-order valence-corrected chi connectivity index (χ3v) is 3.31. The summed E-state index contributed by atoms with van der Waals surface area (Å²) in [5.74, 6) is -0.0542. The van der Waals surface area contributed by atoms with Crippen molar-refractivity contribution in [1.82, 2.24) is 5.32 Å². The lowest BCUT2D eigenvalue weighted by Gasteiger charge is -2.17. The SMILES string of the molecule is CCC[C@@H](N)C(=O)NC(C)Cc1ccc(Br)cc1. The summed E-state index contributed by atoms with van der Waals surface area (Å²) in [6.45, 7) is 4.02. The number of hydrogen-bond donors (Lipinski definition) is 2. The van der Waals surface area contributed by atoms with Crippen LogP contribution in [0.25, 0.3) is 0 Å². The average Bonchev–Trinajstić information content (AvgIpc) is 2.32. The second-order valence-electron chi connectivity index (χ2n) is 4.64. The first-order valence-electron chi connectivity index (χ1n) is 6.33. The minimum Gasteiger partial charge on any atom is -0.352 e. The fourth-order valence-electron chi connectivity index (χ4n) is 1.82. The van der Waals surface area contributed by atoms with Crippen LogP contribution in [0.5, 0.6) is 0 Å². The molecule has 0 heterocycles. The number of benzene rings is 1. The lowest BCUT2D eigenvalue weighted by Crippen LogP contribution is -2.45. The molecule has 0 fully saturated rings. The van der Waals surface area contributed by atoms with E-state index in [1.165, 1.54) is 5.56 Å². The fourth-order valence-corrected chi connectivity index (χ4v) is 2.08. The van der Waals surface area contributed by atoms with Gasteiger partial charge < -0.3 is 11.1 Å². The van der Waals surface area contributed by atoms with Crippen molar-refractivity contribution in [3.05, 3.63) is 34.3 Å². The van der Waals surface area contributed by atoms with Gasteiger partial charge in [-0.05, 0) is 37.5 Å². The summed E-state index contributed by atoms with van der Waals surface area (Å²) in [5.41, 5.74) is 6.97. The van der Waals surface area contributed by atoms with Crippen molar-refractivity contribution in [3.63, 3.8) is 0 Å². The zero-order valence-electron chi connectivity index (χ0n) is 10.9. The highest BCUT2D eigenvalue weighted by atomic mass is 79.9. The number of nitrogens with two attached hydrogens (primary N) is 1. The van der Waals surface area contributed by atoms with Gasteiger partial charge >= 0.3 is 0 Å². The normalized spacial score (nSPS) is 14.0. The second kappa shape index (κ2) is 7.54. The molecule has 1 amide bonds. The van der Waals surface area contributed by atoms with Crippen LogP contribution in [0.2, 0.25) is 0 Å². The topological polar surface area (TPSA) is 55.1 Å². The number of nitrogens with one attached hydrogen (secondary N) is 1. The van der Waals surface area contributed by atoms with Gasteiger partial charge in [0.15, 0.2) is 0 Å². The molecule has 0 bridgehead atoms. The van der Waals surface area contributed by atoms with Gasteiger partial charge in [-0.25, -0.2) is 0 Å². The first-order valence-corrected chi connectivity index (χ1v) is 7.12. The fraction of sp³-hybridized carbons (Fsp3) is 0.500. The van der Waals surface area contributed by atoms with Crippen molar-refractivity contribution in [2.75, 3.05) is 0 Å². The number of hydrogen-bond acceptors (Lipinski definition) is 2. The number of carbonyl (C=O) groups is 1. The van der Waals surface area contributed by atoms with Crippen LogP contribution in [-0.2, 0) is 11.2 Å². The molecule has 0 saturated heterocycles. The number of rotatable bonds is 6. The molecule has 3 N–H and O–H groups in total. The van der Waals surface area contributed by atoms with Crippen LogP contribution in [-0.4, -0.2) is 18.0 Å². The number of amides is 1. The van der Waals surface area contributed by atoms with Gasteiger partial charge in [-0.1, -0.05) is 41.4 Å². The lowest BCUT2D eigenvalue weighted by atomic mass is 10.1. The van der Waals surface area contributed by atoms with E-state index in [0.29, 0.717) is 0 Å². The third kappa shape index (κ3) is 5.19. The van der Waals surface area contributed by atoms with Gasteiger partial charge in [-0.2, -0.15) is 0 Å². The van der Waals surface area contributed by atoms with Gasteiger partial charge in [-0.3, -0.25) is 4.79 Å². The van der Waals surface area contributed by atoms with Crippen LogP contribution < -0.4 is 11.1 Å². The first-order chi connectivity index (χ1) is 8.52. The molecule has 0 aromatic heterocycles. The third-order valence-electron chi connectivity index (χ3n) is 2.78. The standard InChI is InChI=1S/C14H21BrN2O/c1-3-4-13(16)14(18)17-10(2)9-11-5-7-12(15)8-6-11/h5-8,10,13H,3-4,9,16H2,1-2H3,(H,17,18)/t10?,13-/m1/s1. The van der Waals surface area contributed by atoms with Crippen molar-refractivity contribution < 1.29 is 4.79 Å². The van der Waals surface area contributed by atoms with E-state index in [1.807, 2.05) is 26.0 Å². The van der Waals surface area contributed by atoms with Crippen molar-refractivity contribution >= 4 is 21.8 Å². The van der Waals surface area contributed by atoms with E-state index < -0.39 is 0 Å². The van der Waals surface area contributed by atoms with Gasteiger partial charge in [-0.15, -0.1) is 0 Å². The Bertz CT molecular complexity index is 378. The van der Waals surface area contributed by atoms with Crippen LogP contribution >= 0.6 is 15.9 Å². The monoisotopic (exact) mass is 312 g/mol. The minimum absolute atomic E-state index is 0.0542. The minimum atomic E-state index is -0.387. The first kappa shape index (κ1) is 15.2. The molecular formula is C14H21BrN2O. The van der Waals surface area contributed by atoms with Gasteiger partial charge in [0.25, 0.3) is 0 Å². The Morgan fingerprint density at radius 3 is 2.56 bits per heavy atom. The van der Waals surface area contributed by atoms with Crippen LogP contribution in [0.4, 0.5) is 0 Å².